The number of hydrogen-bond donors (Lipinski definition) is 2. The van der Waals surface area contributed by atoms with Crippen LogP contribution in [0.5, 0.6) is 5.75 Å². The first kappa shape index (κ1) is 24.4. The summed E-state index contributed by atoms with van der Waals surface area (Å²) >= 11 is 6.75. The molecule has 0 amide bonds. The molecule has 1 aromatic carbocycles. The van der Waals surface area contributed by atoms with Gasteiger partial charge in [0.2, 0.25) is 0 Å². The first-order valence-corrected chi connectivity index (χ1v) is 11.7. The molecule has 0 aliphatic carbocycles. The number of ether oxygens (including phenoxy) is 1. The number of halogens is 1. The summed E-state index contributed by atoms with van der Waals surface area (Å²) in [6.45, 7) is 8.30. The third-order valence-corrected chi connectivity index (χ3v) is 6.44. The Bertz CT molecular complexity index is 1410. The molecule has 3 aromatic heterocycles. The minimum absolute atomic E-state index is 0.256. The lowest BCUT2D eigenvalue weighted by Gasteiger charge is -2.23. The molecule has 1 unspecified atom stereocenters. The number of anilines is 1. The predicted molar refractivity (Wildman–Crippen MR) is 139 cm³/mol. The molecule has 0 saturated carbocycles. The van der Waals surface area contributed by atoms with Gasteiger partial charge in [0.1, 0.15) is 29.4 Å². The number of aryl methyl sites for hydroxylation is 1. The van der Waals surface area contributed by atoms with Crippen molar-refractivity contribution < 1.29 is 4.74 Å². The van der Waals surface area contributed by atoms with Crippen LogP contribution in [-0.4, -0.2) is 56.2 Å². The Labute approximate surface area is 209 Å². The fraction of sp³-hybridized carbons (Fsp3) is 0.320. The van der Waals surface area contributed by atoms with E-state index in [0.717, 1.165) is 33.3 Å². The lowest BCUT2D eigenvalue weighted by Crippen LogP contribution is -2.22. The van der Waals surface area contributed by atoms with Gasteiger partial charge in [-0.3, -0.25) is 10.4 Å². The summed E-state index contributed by atoms with van der Waals surface area (Å²) in [7, 11) is 3.64. The second kappa shape index (κ2) is 9.50. The van der Waals surface area contributed by atoms with Gasteiger partial charge in [0, 0.05) is 42.0 Å². The maximum atomic E-state index is 8.20. The molecule has 0 saturated heterocycles. The average molecular weight is 493 g/mol. The SMILES string of the molecule is CCOc1c(C(C)n2nc(C)c3c(N)ncnc32)cc(Cl)c(C)c1-c1ccc(C(=N)N(C)C)nc1. The largest absolute Gasteiger partial charge is 0.493 e. The van der Waals surface area contributed by atoms with Crippen molar-refractivity contribution in [1.29, 1.82) is 5.41 Å². The number of hydrogen-bond acceptors (Lipinski definition) is 7. The van der Waals surface area contributed by atoms with Crippen LogP contribution in [0.4, 0.5) is 5.82 Å². The van der Waals surface area contributed by atoms with E-state index in [1.165, 1.54) is 6.33 Å². The Morgan fingerprint density at radius 1 is 1.23 bits per heavy atom. The van der Waals surface area contributed by atoms with Crippen molar-refractivity contribution in [2.24, 2.45) is 0 Å². The van der Waals surface area contributed by atoms with Crippen LogP contribution in [0.3, 0.4) is 0 Å². The molecule has 9 nitrogen and oxygen atoms in total. The number of fused-ring (bicyclic) bond motifs is 1. The van der Waals surface area contributed by atoms with Crippen LogP contribution in [0.2, 0.25) is 5.02 Å². The minimum atomic E-state index is -0.256. The predicted octanol–water partition coefficient (Wildman–Crippen LogP) is 4.64. The van der Waals surface area contributed by atoms with Gasteiger partial charge >= 0.3 is 0 Å². The molecule has 0 bridgehead atoms. The van der Waals surface area contributed by atoms with E-state index >= 15 is 0 Å². The normalized spacial score (nSPS) is 12.1. The number of nitrogen functional groups attached to an aromatic ring is 1. The number of nitrogens with two attached hydrogens (primary N) is 1. The highest BCUT2D eigenvalue weighted by atomic mass is 35.5. The highest BCUT2D eigenvalue weighted by Crippen LogP contribution is 2.43. The van der Waals surface area contributed by atoms with Crippen LogP contribution in [0.15, 0.2) is 30.7 Å². The van der Waals surface area contributed by atoms with Crippen molar-refractivity contribution in [1.82, 2.24) is 29.6 Å². The molecule has 35 heavy (non-hydrogen) atoms. The fourth-order valence-electron chi connectivity index (χ4n) is 4.18. The summed E-state index contributed by atoms with van der Waals surface area (Å²) in [6, 6.07) is 5.44. The smallest absolute Gasteiger partial charge is 0.164 e. The number of pyridine rings is 1. The van der Waals surface area contributed by atoms with Gasteiger partial charge in [0.05, 0.1) is 23.7 Å². The highest BCUT2D eigenvalue weighted by molar-refractivity contribution is 6.32. The van der Waals surface area contributed by atoms with Crippen LogP contribution < -0.4 is 10.5 Å². The van der Waals surface area contributed by atoms with Crippen molar-refractivity contribution in [3.05, 3.63) is 58.3 Å². The summed E-state index contributed by atoms with van der Waals surface area (Å²) in [5, 5.41) is 14.3. The van der Waals surface area contributed by atoms with E-state index < -0.39 is 0 Å². The lowest BCUT2D eigenvalue weighted by atomic mass is 9.94. The number of nitrogens with one attached hydrogen (secondary N) is 1. The Kier molecular flexibility index (Phi) is 6.62. The van der Waals surface area contributed by atoms with Crippen LogP contribution in [-0.2, 0) is 0 Å². The van der Waals surface area contributed by atoms with Crippen molar-refractivity contribution in [2.75, 3.05) is 26.4 Å². The van der Waals surface area contributed by atoms with Crippen LogP contribution in [0.1, 0.15) is 42.4 Å². The van der Waals surface area contributed by atoms with Crippen LogP contribution >= 0.6 is 11.6 Å². The van der Waals surface area contributed by atoms with E-state index in [1.807, 2.05) is 64.7 Å². The molecule has 3 N–H and O–H groups in total. The van der Waals surface area contributed by atoms with Crippen molar-refractivity contribution >= 4 is 34.3 Å². The minimum Gasteiger partial charge on any atom is -0.493 e. The molecule has 4 aromatic rings. The Morgan fingerprint density at radius 3 is 2.60 bits per heavy atom. The van der Waals surface area contributed by atoms with Crippen molar-refractivity contribution in [2.45, 2.75) is 33.7 Å². The zero-order valence-electron chi connectivity index (χ0n) is 20.7. The fourth-order valence-corrected chi connectivity index (χ4v) is 4.40. The van der Waals surface area contributed by atoms with Gasteiger partial charge in [-0.05, 0) is 45.4 Å². The molecule has 0 spiro atoms. The second-order valence-electron chi connectivity index (χ2n) is 8.55. The molecule has 4 rings (SSSR count). The van der Waals surface area contributed by atoms with Crippen molar-refractivity contribution in [3.63, 3.8) is 0 Å². The molecular weight excluding hydrogens is 464 g/mol. The van der Waals surface area contributed by atoms with Gasteiger partial charge in [-0.25, -0.2) is 14.6 Å². The van der Waals surface area contributed by atoms with Crippen molar-refractivity contribution in [3.8, 4) is 16.9 Å². The summed E-state index contributed by atoms with van der Waals surface area (Å²) in [4.78, 5) is 14.8. The Morgan fingerprint density at radius 2 is 1.97 bits per heavy atom. The number of amidine groups is 1. The summed E-state index contributed by atoms with van der Waals surface area (Å²) in [6.07, 6.45) is 3.20. The standard InChI is InChI=1S/C25H29ClN8O/c1-7-35-22-17(15(4)34-25-21(14(3)32-34)23(27)30-12-31-25)10-18(26)13(2)20(22)16-8-9-19(29-11-16)24(28)33(5)6/h8-12,15,28H,7H2,1-6H3,(H2,27,30,31). The summed E-state index contributed by atoms with van der Waals surface area (Å²) in [5.41, 5.74) is 11.6. The van der Waals surface area contributed by atoms with Gasteiger partial charge in [0.25, 0.3) is 0 Å². The first-order valence-electron chi connectivity index (χ1n) is 11.3. The molecule has 182 valence electrons. The molecule has 3 heterocycles. The molecule has 10 heteroatoms. The Hall–Kier alpha value is -3.72. The number of nitrogens with zero attached hydrogens (tertiary/aromatic N) is 6. The molecule has 0 fully saturated rings. The van der Waals surface area contributed by atoms with E-state index in [4.69, 9.17) is 32.6 Å². The third kappa shape index (κ3) is 4.27. The van der Waals surface area contributed by atoms with Gasteiger partial charge < -0.3 is 15.4 Å². The number of aromatic nitrogens is 5. The molecule has 0 aliphatic heterocycles. The molecule has 0 aliphatic rings. The van der Waals surface area contributed by atoms with E-state index in [0.29, 0.717) is 40.4 Å². The third-order valence-electron chi connectivity index (χ3n) is 6.05. The number of rotatable bonds is 6. The number of benzene rings is 1. The average Bonchev–Trinajstić information content (AvgIpc) is 3.18. The monoisotopic (exact) mass is 492 g/mol. The quantitative estimate of drug-likeness (QED) is 0.297. The second-order valence-corrected chi connectivity index (χ2v) is 8.96. The van der Waals surface area contributed by atoms with E-state index in [9.17, 15) is 0 Å². The maximum absolute atomic E-state index is 8.20. The zero-order valence-corrected chi connectivity index (χ0v) is 21.5. The highest BCUT2D eigenvalue weighted by Gasteiger charge is 2.25. The summed E-state index contributed by atoms with van der Waals surface area (Å²) < 4.78 is 8.05. The van der Waals surface area contributed by atoms with E-state index in [-0.39, 0.29) is 6.04 Å². The van der Waals surface area contributed by atoms with Gasteiger partial charge in [-0.2, -0.15) is 5.10 Å². The topological polar surface area (TPSA) is 119 Å². The summed E-state index contributed by atoms with van der Waals surface area (Å²) in [5.74, 6) is 1.44. The van der Waals surface area contributed by atoms with Gasteiger partial charge in [-0.1, -0.05) is 17.7 Å². The van der Waals surface area contributed by atoms with Gasteiger partial charge in [-0.15, -0.1) is 0 Å². The van der Waals surface area contributed by atoms with Crippen LogP contribution in [0.25, 0.3) is 22.2 Å². The zero-order chi connectivity index (χ0) is 25.4. The van der Waals surface area contributed by atoms with Gasteiger partial charge in [0.15, 0.2) is 5.65 Å². The molecule has 1 atom stereocenters. The van der Waals surface area contributed by atoms with E-state index in [1.54, 1.807) is 11.1 Å². The lowest BCUT2D eigenvalue weighted by molar-refractivity contribution is 0.333. The van der Waals surface area contributed by atoms with E-state index in [2.05, 4.69) is 15.0 Å². The first-order chi connectivity index (χ1) is 16.6. The Balaban J connectivity index is 1.90. The maximum Gasteiger partial charge on any atom is 0.164 e. The molecule has 0 radical (unpaired) electrons. The molecular formula is C25H29ClN8O. The van der Waals surface area contributed by atoms with Crippen LogP contribution in [0, 0.1) is 19.3 Å².